The number of benzene rings is 1. The first kappa shape index (κ1) is 14.8. The summed E-state index contributed by atoms with van der Waals surface area (Å²) >= 11 is 0. The van der Waals surface area contributed by atoms with E-state index in [0.29, 0.717) is 12.5 Å². The van der Waals surface area contributed by atoms with E-state index >= 15 is 0 Å². The summed E-state index contributed by atoms with van der Waals surface area (Å²) in [6, 6.07) is 10.6. The Kier molecular flexibility index (Phi) is 4.56. The minimum Gasteiger partial charge on any atom is -0.337 e. The number of amides is 1. The Morgan fingerprint density at radius 2 is 2.05 bits per heavy atom. The van der Waals surface area contributed by atoms with Gasteiger partial charge in [0.15, 0.2) is 0 Å². The van der Waals surface area contributed by atoms with Crippen LogP contribution in [0.1, 0.15) is 37.3 Å². The molecular weight excluding hydrogens is 274 g/mol. The predicted octanol–water partition coefficient (Wildman–Crippen LogP) is 3.27. The van der Waals surface area contributed by atoms with Crippen molar-refractivity contribution in [3.05, 3.63) is 54.6 Å². The van der Waals surface area contributed by atoms with Gasteiger partial charge in [-0.2, -0.15) is 0 Å². The quantitative estimate of drug-likeness (QED) is 0.849. The Morgan fingerprint density at radius 1 is 1.32 bits per heavy atom. The lowest BCUT2D eigenvalue weighted by atomic mass is 9.90. The van der Waals surface area contributed by atoms with Crippen molar-refractivity contribution in [2.24, 2.45) is 5.92 Å². The van der Waals surface area contributed by atoms with Gasteiger partial charge in [0.25, 0.3) is 0 Å². The number of rotatable bonds is 5. The first-order valence-corrected chi connectivity index (χ1v) is 8.02. The van der Waals surface area contributed by atoms with Gasteiger partial charge in [0.2, 0.25) is 5.91 Å². The molecule has 3 rings (SSSR count). The standard InChI is InChI=1S/C18H23N3O/c1-20(17(22)13-21-12-11-19-14-21)18(16-9-5-6-10-16)15-7-3-2-4-8-15/h2-4,7-8,11-12,14,16,18H,5-6,9-10,13H2,1H3. The molecule has 1 fully saturated rings. The van der Waals surface area contributed by atoms with Gasteiger partial charge in [0.1, 0.15) is 6.54 Å². The van der Waals surface area contributed by atoms with Crippen LogP contribution in [-0.4, -0.2) is 27.4 Å². The van der Waals surface area contributed by atoms with Gasteiger partial charge in [-0.25, -0.2) is 4.98 Å². The summed E-state index contributed by atoms with van der Waals surface area (Å²) in [5, 5.41) is 0. The van der Waals surface area contributed by atoms with Crippen LogP contribution >= 0.6 is 0 Å². The Bertz CT molecular complexity index is 588. The summed E-state index contributed by atoms with van der Waals surface area (Å²) in [4.78, 5) is 18.6. The fourth-order valence-electron chi connectivity index (χ4n) is 3.54. The van der Waals surface area contributed by atoms with E-state index < -0.39 is 0 Å². The van der Waals surface area contributed by atoms with Crippen LogP contribution in [0.4, 0.5) is 0 Å². The molecule has 1 aliphatic rings. The molecule has 2 aromatic rings. The summed E-state index contributed by atoms with van der Waals surface area (Å²) in [5.74, 6) is 0.706. The van der Waals surface area contributed by atoms with E-state index in [1.54, 1.807) is 12.5 Å². The number of carbonyl (C=O) groups is 1. The van der Waals surface area contributed by atoms with Crippen molar-refractivity contribution in [3.63, 3.8) is 0 Å². The monoisotopic (exact) mass is 297 g/mol. The number of hydrogen-bond acceptors (Lipinski definition) is 2. The number of hydrogen-bond donors (Lipinski definition) is 0. The molecule has 1 aromatic heterocycles. The number of aromatic nitrogens is 2. The second-order valence-electron chi connectivity index (χ2n) is 6.14. The van der Waals surface area contributed by atoms with Gasteiger partial charge < -0.3 is 9.47 Å². The predicted molar refractivity (Wildman–Crippen MR) is 86.1 cm³/mol. The molecule has 1 unspecified atom stereocenters. The van der Waals surface area contributed by atoms with Gasteiger partial charge in [0.05, 0.1) is 12.4 Å². The Labute approximate surface area is 131 Å². The number of nitrogens with zero attached hydrogens (tertiary/aromatic N) is 3. The Morgan fingerprint density at radius 3 is 2.68 bits per heavy atom. The molecule has 0 N–H and O–H groups in total. The van der Waals surface area contributed by atoms with Crippen molar-refractivity contribution in [2.75, 3.05) is 7.05 Å². The van der Waals surface area contributed by atoms with Gasteiger partial charge in [-0.05, 0) is 24.3 Å². The van der Waals surface area contributed by atoms with Crippen LogP contribution in [0.25, 0.3) is 0 Å². The minimum absolute atomic E-state index is 0.138. The first-order chi connectivity index (χ1) is 10.8. The molecule has 1 amide bonds. The summed E-state index contributed by atoms with van der Waals surface area (Å²) < 4.78 is 1.83. The highest BCUT2D eigenvalue weighted by molar-refractivity contribution is 5.76. The number of carbonyl (C=O) groups excluding carboxylic acids is 1. The fraction of sp³-hybridized carbons (Fsp3) is 0.444. The average molecular weight is 297 g/mol. The van der Waals surface area contributed by atoms with E-state index in [1.165, 1.54) is 31.2 Å². The zero-order valence-corrected chi connectivity index (χ0v) is 13.1. The third-order valence-electron chi connectivity index (χ3n) is 4.68. The lowest BCUT2D eigenvalue weighted by molar-refractivity contribution is -0.133. The zero-order valence-electron chi connectivity index (χ0n) is 13.1. The number of imidazole rings is 1. The number of likely N-dealkylation sites (N-methyl/N-ethyl adjacent to an activating group) is 1. The SMILES string of the molecule is CN(C(=O)Cn1ccnc1)C(c1ccccc1)C1CCCC1. The molecule has 1 atom stereocenters. The molecule has 1 heterocycles. The molecule has 4 heteroatoms. The van der Waals surface area contributed by atoms with Gasteiger partial charge in [-0.1, -0.05) is 43.2 Å². The second kappa shape index (κ2) is 6.77. The van der Waals surface area contributed by atoms with Gasteiger partial charge in [0, 0.05) is 19.4 Å². The summed E-state index contributed by atoms with van der Waals surface area (Å²) in [6.07, 6.45) is 10.2. The maximum Gasteiger partial charge on any atom is 0.242 e. The third kappa shape index (κ3) is 3.21. The van der Waals surface area contributed by atoms with Gasteiger partial charge in [-0.3, -0.25) is 4.79 Å². The first-order valence-electron chi connectivity index (χ1n) is 8.02. The summed E-state index contributed by atoms with van der Waals surface area (Å²) in [5.41, 5.74) is 1.25. The van der Waals surface area contributed by atoms with Crippen LogP contribution in [0.5, 0.6) is 0 Å². The van der Waals surface area contributed by atoms with Crippen LogP contribution < -0.4 is 0 Å². The normalized spacial score (nSPS) is 16.6. The molecule has 1 aromatic carbocycles. The van der Waals surface area contributed by atoms with Crippen LogP contribution in [-0.2, 0) is 11.3 Å². The maximum absolute atomic E-state index is 12.7. The van der Waals surface area contributed by atoms with E-state index in [9.17, 15) is 4.79 Å². The van der Waals surface area contributed by atoms with Crippen molar-refractivity contribution >= 4 is 5.91 Å². The largest absolute Gasteiger partial charge is 0.337 e. The minimum atomic E-state index is 0.138. The van der Waals surface area contributed by atoms with E-state index in [2.05, 4.69) is 29.2 Å². The Balaban J connectivity index is 1.80. The second-order valence-corrected chi connectivity index (χ2v) is 6.14. The summed E-state index contributed by atoms with van der Waals surface area (Å²) in [6.45, 7) is 0.354. The highest BCUT2D eigenvalue weighted by atomic mass is 16.2. The molecule has 1 aliphatic carbocycles. The van der Waals surface area contributed by atoms with Gasteiger partial charge in [-0.15, -0.1) is 0 Å². The van der Waals surface area contributed by atoms with Crippen molar-refractivity contribution < 1.29 is 4.79 Å². The maximum atomic E-state index is 12.7. The molecular formula is C18H23N3O. The zero-order chi connectivity index (χ0) is 15.4. The molecule has 4 nitrogen and oxygen atoms in total. The van der Waals surface area contributed by atoms with Crippen LogP contribution in [0.2, 0.25) is 0 Å². The Hall–Kier alpha value is -2.10. The third-order valence-corrected chi connectivity index (χ3v) is 4.68. The molecule has 0 saturated heterocycles. The topological polar surface area (TPSA) is 38.1 Å². The van der Waals surface area contributed by atoms with Crippen molar-refractivity contribution in [3.8, 4) is 0 Å². The van der Waals surface area contributed by atoms with Crippen LogP contribution in [0, 0.1) is 5.92 Å². The van der Waals surface area contributed by atoms with Crippen molar-refractivity contribution in [2.45, 2.75) is 38.3 Å². The molecule has 0 spiro atoms. The highest BCUT2D eigenvalue weighted by Crippen LogP contribution is 2.39. The highest BCUT2D eigenvalue weighted by Gasteiger charge is 2.31. The van der Waals surface area contributed by atoms with Crippen molar-refractivity contribution in [1.29, 1.82) is 0 Å². The molecule has 0 radical (unpaired) electrons. The van der Waals surface area contributed by atoms with E-state index in [0.717, 1.165) is 0 Å². The molecule has 22 heavy (non-hydrogen) atoms. The lowest BCUT2D eigenvalue weighted by Crippen LogP contribution is -2.36. The average Bonchev–Trinajstić information content (AvgIpc) is 3.22. The molecule has 0 aliphatic heterocycles. The van der Waals surface area contributed by atoms with E-state index in [4.69, 9.17) is 0 Å². The van der Waals surface area contributed by atoms with E-state index in [-0.39, 0.29) is 11.9 Å². The van der Waals surface area contributed by atoms with Crippen molar-refractivity contribution in [1.82, 2.24) is 14.5 Å². The van der Waals surface area contributed by atoms with E-state index in [1.807, 2.05) is 28.8 Å². The fourth-order valence-corrected chi connectivity index (χ4v) is 3.54. The summed E-state index contributed by atoms with van der Waals surface area (Å²) in [7, 11) is 1.94. The van der Waals surface area contributed by atoms with Crippen LogP contribution in [0.15, 0.2) is 49.1 Å². The molecule has 0 bridgehead atoms. The van der Waals surface area contributed by atoms with Gasteiger partial charge >= 0.3 is 0 Å². The smallest absolute Gasteiger partial charge is 0.242 e. The van der Waals surface area contributed by atoms with Crippen LogP contribution in [0.3, 0.4) is 0 Å². The molecule has 116 valence electrons. The molecule has 1 saturated carbocycles. The lowest BCUT2D eigenvalue weighted by Gasteiger charge is -2.33.